The van der Waals surface area contributed by atoms with E-state index in [1.807, 2.05) is 76.3 Å². The molecule has 0 N–H and O–H groups in total. The van der Waals surface area contributed by atoms with Crippen molar-refractivity contribution in [2.24, 2.45) is 16.2 Å². The Hall–Kier alpha value is -1.20. The zero-order chi connectivity index (χ0) is 22.4. The molecular formula is C21H39N4O3P. The quantitative estimate of drug-likeness (QED) is 0.558. The molecule has 2 bridgehead atoms. The van der Waals surface area contributed by atoms with Crippen LogP contribution in [0, 0.1) is 16.2 Å². The first-order chi connectivity index (χ1) is 13.0. The van der Waals surface area contributed by atoms with Crippen LogP contribution in [0.15, 0.2) is 0 Å². The molecule has 0 aromatic carbocycles. The van der Waals surface area contributed by atoms with Crippen molar-refractivity contribution in [3.8, 4) is 0 Å². The van der Waals surface area contributed by atoms with Gasteiger partial charge in [0.15, 0.2) is 0 Å². The van der Waals surface area contributed by atoms with Crippen molar-refractivity contribution in [2.45, 2.75) is 62.3 Å². The van der Waals surface area contributed by atoms with E-state index < -0.39 is 24.6 Å². The Morgan fingerprint density at radius 3 is 0.966 bits per heavy atom. The summed E-state index contributed by atoms with van der Waals surface area (Å²) in [5.74, 6) is -0.0256. The predicted octanol–water partition coefficient (Wildman–Crippen LogP) is 3.17. The number of nitrogens with zero attached hydrogens (tertiary/aromatic N) is 4. The average molecular weight is 427 g/mol. The van der Waals surface area contributed by atoms with Crippen molar-refractivity contribution < 1.29 is 14.4 Å². The molecule has 3 heterocycles. The summed E-state index contributed by atoms with van der Waals surface area (Å²) in [6, 6.07) is 0. The van der Waals surface area contributed by atoms with E-state index in [0.29, 0.717) is 19.6 Å². The third-order valence-corrected chi connectivity index (χ3v) is 7.60. The third-order valence-electron chi connectivity index (χ3n) is 5.16. The number of fused-ring (bicyclic) bond motifs is 6. The largest absolute Gasteiger partial charge is 0.298 e. The highest BCUT2D eigenvalue weighted by atomic mass is 31.2. The molecule has 166 valence electrons. The fourth-order valence-electron chi connectivity index (χ4n) is 3.41. The van der Waals surface area contributed by atoms with Crippen molar-refractivity contribution in [1.82, 2.24) is 18.9 Å². The second kappa shape index (κ2) is 8.14. The van der Waals surface area contributed by atoms with Crippen LogP contribution in [-0.4, -0.2) is 75.9 Å². The van der Waals surface area contributed by atoms with Gasteiger partial charge in [0.25, 0.3) is 0 Å². The minimum Gasteiger partial charge on any atom is -0.298 e. The van der Waals surface area contributed by atoms with E-state index in [4.69, 9.17) is 0 Å². The Balaban J connectivity index is 2.63. The molecule has 0 radical (unpaired) electrons. The summed E-state index contributed by atoms with van der Waals surface area (Å²) < 4.78 is 5.48. The summed E-state index contributed by atoms with van der Waals surface area (Å²) in [7, 11) is -1.55. The number of hydrogen-bond acceptors (Lipinski definition) is 4. The van der Waals surface area contributed by atoms with Gasteiger partial charge in [-0.2, -0.15) is 0 Å². The lowest BCUT2D eigenvalue weighted by atomic mass is 9.95. The number of hydrogen-bond donors (Lipinski definition) is 0. The first-order valence-corrected chi connectivity index (χ1v) is 11.7. The Labute approximate surface area is 177 Å². The Bertz CT molecular complexity index is 570. The number of amides is 3. The van der Waals surface area contributed by atoms with Crippen LogP contribution >= 0.6 is 8.37 Å². The lowest BCUT2D eigenvalue weighted by Crippen LogP contribution is -2.58. The molecular weight excluding hydrogens is 387 g/mol. The van der Waals surface area contributed by atoms with Crippen molar-refractivity contribution in [3.63, 3.8) is 0 Å². The summed E-state index contributed by atoms with van der Waals surface area (Å²) in [6.07, 6.45) is 0. The highest BCUT2D eigenvalue weighted by Gasteiger charge is 2.48. The fourth-order valence-corrected chi connectivity index (χ4v) is 6.39. The van der Waals surface area contributed by atoms with E-state index in [9.17, 15) is 14.4 Å². The first-order valence-electron chi connectivity index (χ1n) is 10.5. The third kappa shape index (κ3) is 5.29. The number of carbonyl (C=O) groups is 3. The Morgan fingerprint density at radius 2 is 0.759 bits per heavy atom. The molecule has 3 saturated heterocycles. The van der Waals surface area contributed by atoms with E-state index in [1.165, 1.54) is 0 Å². The van der Waals surface area contributed by atoms with E-state index >= 15 is 0 Å². The SMILES string of the molecule is CC(C)(C)C(=O)N1CCN2CCN(C(=O)C(C)(C)C)P1N(C(=O)C(C)(C)C)CC2. The topological polar surface area (TPSA) is 64.2 Å². The molecule has 3 amide bonds. The molecule has 3 rings (SSSR count). The smallest absolute Gasteiger partial charge is 0.233 e. The zero-order valence-electron chi connectivity index (χ0n) is 19.7. The predicted molar refractivity (Wildman–Crippen MR) is 117 cm³/mol. The Morgan fingerprint density at radius 1 is 0.517 bits per heavy atom. The molecule has 3 fully saturated rings. The maximum absolute atomic E-state index is 13.5. The van der Waals surface area contributed by atoms with Crippen molar-refractivity contribution >= 4 is 26.1 Å². The van der Waals surface area contributed by atoms with Crippen LogP contribution < -0.4 is 0 Å². The van der Waals surface area contributed by atoms with E-state index in [2.05, 4.69) is 4.90 Å². The molecule has 0 spiro atoms. The van der Waals surface area contributed by atoms with Crippen molar-refractivity contribution in [1.29, 1.82) is 0 Å². The van der Waals surface area contributed by atoms with Crippen LogP contribution in [0.4, 0.5) is 0 Å². The molecule has 0 unspecified atom stereocenters. The molecule has 8 heteroatoms. The normalized spacial score (nSPS) is 24.1. The zero-order valence-corrected chi connectivity index (χ0v) is 20.6. The van der Waals surface area contributed by atoms with Crippen LogP contribution in [0.5, 0.6) is 0 Å². The van der Waals surface area contributed by atoms with Crippen molar-refractivity contribution in [3.05, 3.63) is 0 Å². The molecule has 0 atom stereocenters. The van der Waals surface area contributed by atoms with Gasteiger partial charge in [0, 0.05) is 55.5 Å². The van der Waals surface area contributed by atoms with Gasteiger partial charge in [0.2, 0.25) is 26.1 Å². The molecule has 0 aromatic heterocycles. The summed E-state index contributed by atoms with van der Waals surface area (Å²) in [5.41, 5.74) is -1.76. The molecule has 29 heavy (non-hydrogen) atoms. The number of rotatable bonds is 0. The van der Waals surface area contributed by atoms with Crippen molar-refractivity contribution in [2.75, 3.05) is 39.3 Å². The fraction of sp³-hybridized carbons (Fsp3) is 0.857. The highest BCUT2D eigenvalue weighted by Crippen LogP contribution is 2.53. The van der Waals surface area contributed by atoms with Crippen LogP contribution in [0.2, 0.25) is 0 Å². The van der Waals surface area contributed by atoms with E-state index in [0.717, 1.165) is 19.6 Å². The second-order valence-corrected chi connectivity index (χ2v) is 13.1. The number of carbonyl (C=O) groups excluding carboxylic acids is 3. The lowest BCUT2D eigenvalue weighted by Gasteiger charge is -2.52. The molecule has 0 saturated carbocycles. The van der Waals surface area contributed by atoms with Gasteiger partial charge >= 0.3 is 0 Å². The van der Waals surface area contributed by atoms with Gasteiger partial charge in [-0.05, 0) is 0 Å². The van der Waals surface area contributed by atoms with Gasteiger partial charge in [-0.25, -0.2) is 0 Å². The molecule has 0 aliphatic carbocycles. The molecule has 0 aromatic rings. The second-order valence-electron chi connectivity index (χ2n) is 11.1. The van der Waals surface area contributed by atoms with Gasteiger partial charge in [-0.3, -0.25) is 33.3 Å². The maximum atomic E-state index is 13.5. The van der Waals surface area contributed by atoms with Gasteiger partial charge in [0.05, 0.1) is 0 Å². The van der Waals surface area contributed by atoms with Crippen LogP contribution in [0.25, 0.3) is 0 Å². The average Bonchev–Trinajstić information content (AvgIpc) is 2.50. The molecule has 3 aliphatic rings. The van der Waals surface area contributed by atoms with Gasteiger partial charge in [-0.1, -0.05) is 62.3 Å². The van der Waals surface area contributed by atoms with Gasteiger partial charge in [-0.15, -0.1) is 0 Å². The van der Waals surface area contributed by atoms with Crippen LogP contribution in [0.3, 0.4) is 0 Å². The van der Waals surface area contributed by atoms with Crippen LogP contribution in [0.1, 0.15) is 62.3 Å². The lowest BCUT2D eigenvalue weighted by molar-refractivity contribution is -0.140. The first kappa shape index (κ1) is 24.1. The van der Waals surface area contributed by atoms with E-state index in [-0.39, 0.29) is 17.7 Å². The standard InChI is InChI=1S/C21H39N4O3P/c1-19(2,3)16(26)23-13-10-22-11-14-24(17(27)20(4,5)6)29(23)25(15-12-22)18(28)21(7,8)9/h10-15H2,1-9H3. The van der Waals surface area contributed by atoms with Gasteiger partial charge in [0.1, 0.15) is 0 Å². The minimum atomic E-state index is -1.55. The maximum Gasteiger partial charge on any atom is 0.233 e. The highest BCUT2D eigenvalue weighted by molar-refractivity contribution is 7.52. The molecule has 7 nitrogen and oxygen atoms in total. The summed E-state index contributed by atoms with van der Waals surface area (Å²) in [4.78, 5) is 42.7. The van der Waals surface area contributed by atoms with E-state index in [1.54, 1.807) is 0 Å². The Kier molecular flexibility index (Phi) is 6.76. The summed E-state index contributed by atoms with van der Waals surface area (Å²) in [6.45, 7) is 21.0. The van der Waals surface area contributed by atoms with Gasteiger partial charge < -0.3 is 0 Å². The molecule has 3 aliphatic heterocycles. The summed E-state index contributed by atoms with van der Waals surface area (Å²) >= 11 is 0. The summed E-state index contributed by atoms with van der Waals surface area (Å²) in [5, 5.41) is 0. The van der Waals surface area contributed by atoms with Crippen LogP contribution in [-0.2, 0) is 14.4 Å². The monoisotopic (exact) mass is 426 g/mol. The minimum absolute atomic E-state index is 0.00854.